The topological polar surface area (TPSA) is 54.5 Å². The molecule has 3 aromatic rings. The van der Waals surface area contributed by atoms with E-state index in [1.807, 2.05) is 24.3 Å². The van der Waals surface area contributed by atoms with E-state index in [1.54, 1.807) is 12.1 Å². The van der Waals surface area contributed by atoms with Crippen LogP contribution in [0.4, 0.5) is 4.39 Å². The van der Waals surface area contributed by atoms with Crippen LogP contribution in [0.1, 0.15) is 53.9 Å². The zero-order valence-corrected chi connectivity index (χ0v) is 21.7. The first-order valence-corrected chi connectivity index (χ1v) is 14.2. The number of carbonyl (C=O) groups excluding carboxylic acids is 1. The summed E-state index contributed by atoms with van der Waals surface area (Å²) in [7, 11) is 0. The Balaban J connectivity index is 1.13. The summed E-state index contributed by atoms with van der Waals surface area (Å²) in [5, 5.41) is 1.13. The average Bonchev–Trinajstić information content (AvgIpc) is 3.55. The minimum Gasteiger partial charge on any atom is -0.347 e. The van der Waals surface area contributed by atoms with Gasteiger partial charge in [0, 0.05) is 37.8 Å². The van der Waals surface area contributed by atoms with Crippen LogP contribution >= 0.6 is 0 Å². The first kappa shape index (κ1) is 24.6. The zero-order valence-electron chi connectivity index (χ0n) is 21.7. The number of para-hydroxylation sites is 1. The van der Waals surface area contributed by atoms with Crippen LogP contribution in [-0.4, -0.2) is 59.5 Å². The molecule has 1 aliphatic carbocycles. The molecule has 3 heterocycles. The van der Waals surface area contributed by atoms with Gasteiger partial charge >= 0.3 is 0 Å². The number of aryl methyl sites for hydroxylation is 1. The fourth-order valence-corrected chi connectivity index (χ4v) is 6.88. The highest BCUT2D eigenvalue weighted by Gasteiger charge is 2.44. The third kappa shape index (κ3) is 5.19. The second-order valence-electron chi connectivity index (χ2n) is 11.5. The Kier molecular flexibility index (Phi) is 7.04. The maximum absolute atomic E-state index is 13.9. The largest absolute Gasteiger partial charge is 0.347 e. The third-order valence-electron chi connectivity index (χ3n) is 9.05. The number of nitrogens with zero attached hydrogens (tertiary/aromatic N) is 3. The van der Waals surface area contributed by atoms with Crippen LogP contribution < -0.4 is 5.73 Å². The Morgan fingerprint density at radius 3 is 2.49 bits per heavy atom. The van der Waals surface area contributed by atoms with Crippen molar-refractivity contribution in [3.05, 3.63) is 71.7 Å². The fraction of sp³-hybridized carbons (Fsp3) is 0.516. The van der Waals surface area contributed by atoms with Crippen molar-refractivity contribution >= 4 is 16.8 Å². The van der Waals surface area contributed by atoms with Crippen molar-refractivity contribution in [3.63, 3.8) is 0 Å². The van der Waals surface area contributed by atoms with Crippen LogP contribution in [0.2, 0.25) is 0 Å². The summed E-state index contributed by atoms with van der Waals surface area (Å²) in [4.78, 5) is 18.6. The Morgan fingerprint density at radius 2 is 1.76 bits per heavy atom. The van der Waals surface area contributed by atoms with Crippen LogP contribution in [0.3, 0.4) is 0 Å². The Hall–Kier alpha value is -2.70. The van der Waals surface area contributed by atoms with Gasteiger partial charge in [0.15, 0.2) is 0 Å². The van der Waals surface area contributed by atoms with Gasteiger partial charge in [0.25, 0.3) is 5.91 Å². The molecule has 1 amide bonds. The van der Waals surface area contributed by atoms with Crippen molar-refractivity contribution in [2.45, 2.75) is 44.6 Å². The quantitative estimate of drug-likeness (QED) is 0.466. The number of carbonyl (C=O) groups is 1. The predicted molar refractivity (Wildman–Crippen MR) is 146 cm³/mol. The maximum Gasteiger partial charge on any atom is 0.256 e. The van der Waals surface area contributed by atoms with E-state index in [9.17, 15) is 9.18 Å². The number of aromatic nitrogens is 1. The molecular formula is C31H39FN4O. The number of fused-ring (bicyclic) bond motifs is 1. The van der Waals surface area contributed by atoms with Gasteiger partial charge in [0.1, 0.15) is 5.82 Å². The van der Waals surface area contributed by atoms with E-state index in [-0.39, 0.29) is 11.7 Å². The van der Waals surface area contributed by atoms with Gasteiger partial charge in [-0.3, -0.25) is 4.79 Å². The van der Waals surface area contributed by atoms with Crippen LogP contribution in [0.15, 0.2) is 54.7 Å². The lowest BCUT2D eigenvalue weighted by atomic mass is 9.87. The molecule has 0 spiro atoms. The summed E-state index contributed by atoms with van der Waals surface area (Å²) >= 11 is 0. The third-order valence-corrected chi connectivity index (χ3v) is 9.05. The fourth-order valence-electron chi connectivity index (χ4n) is 6.88. The van der Waals surface area contributed by atoms with Crippen molar-refractivity contribution in [1.29, 1.82) is 0 Å². The minimum atomic E-state index is -0.160. The SMILES string of the molecule is NCCCn1ccc2cccc(C(=O)N3C[C@@H](CN4CCC(c5ccc(F)cc5)CC4)[C@H](C4CC4)C3)c21. The van der Waals surface area contributed by atoms with Gasteiger partial charge in [-0.2, -0.15) is 0 Å². The number of hydrogen-bond donors (Lipinski definition) is 1. The number of nitrogens with two attached hydrogens (primary N) is 1. The molecule has 6 rings (SSSR count). The van der Waals surface area contributed by atoms with Crippen LogP contribution in [0, 0.1) is 23.6 Å². The summed E-state index contributed by atoms with van der Waals surface area (Å²) in [6.07, 6.45) is 7.86. The molecular weight excluding hydrogens is 463 g/mol. The molecule has 2 aliphatic heterocycles. The van der Waals surface area contributed by atoms with Gasteiger partial charge in [-0.15, -0.1) is 0 Å². The monoisotopic (exact) mass is 502 g/mol. The van der Waals surface area contributed by atoms with E-state index in [0.717, 1.165) is 80.9 Å². The molecule has 2 atom stereocenters. The van der Waals surface area contributed by atoms with Crippen molar-refractivity contribution in [1.82, 2.24) is 14.4 Å². The van der Waals surface area contributed by atoms with Crippen molar-refractivity contribution in [3.8, 4) is 0 Å². The van der Waals surface area contributed by atoms with E-state index in [2.05, 4.69) is 32.7 Å². The molecule has 2 N–H and O–H groups in total. The molecule has 196 valence electrons. The summed E-state index contributed by atoms with van der Waals surface area (Å²) in [6.45, 7) is 6.48. The van der Waals surface area contributed by atoms with Crippen molar-refractivity contribution in [2.24, 2.45) is 23.5 Å². The van der Waals surface area contributed by atoms with Gasteiger partial charge < -0.3 is 20.1 Å². The molecule has 2 aromatic carbocycles. The lowest BCUT2D eigenvalue weighted by Crippen LogP contribution is -2.39. The number of amides is 1. The van der Waals surface area contributed by atoms with Crippen LogP contribution in [-0.2, 0) is 6.54 Å². The number of piperidine rings is 1. The highest BCUT2D eigenvalue weighted by Crippen LogP contribution is 2.45. The maximum atomic E-state index is 13.9. The summed E-state index contributed by atoms with van der Waals surface area (Å²) in [5.74, 6) is 2.48. The van der Waals surface area contributed by atoms with Gasteiger partial charge in [-0.25, -0.2) is 4.39 Å². The number of hydrogen-bond acceptors (Lipinski definition) is 3. The number of benzene rings is 2. The predicted octanol–water partition coefficient (Wildman–Crippen LogP) is 5.11. The Labute approximate surface area is 219 Å². The zero-order chi connectivity index (χ0) is 25.4. The summed E-state index contributed by atoms with van der Waals surface area (Å²) in [6, 6.07) is 15.3. The number of rotatable bonds is 8. The second-order valence-corrected chi connectivity index (χ2v) is 11.5. The van der Waals surface area contributed by atoms with E-state index in [4.69, 9.17) is 5.73 Å². The molecule has 0 unspecified atom stereocenters. The molecule has 3 fully saturated rings. The molecule has 6 heteroatoms. The highest BCUT2D eigenvalue weighted by molar-refractivity contribution is 6.06. The lowest BCUT2D eigenvalue weighted by molar-refractivity contribution is 0.0781. The van der Waals surface area contributed by atoms with Crippen LogP contribution in [0.5, 0.6) is 0 Å². The Morgan fingerprint density at radius 1 is 0.973 bits per heavy atom. The van der Waals surface area contributed by atoms with E-state index in [1.165, 1.54) is 18.4 Å². The van der Waals surface area contributed by atoms with Gasteiger partial charge in [0.2, 0.25) is 0 Å². The molecule has 1 saturated carbocycles. The summed E-state index contributed by atoms with van der Waals surface area (Å²) in [5.41, 5.74) is 8.91. The van der Waals surface area contributed by atoms with Crippen molar-refractivity contribution in [2.75, 3.05) is 39.3 Å². The molecule has 5 nitrogen and oxygen atoms in total. The molecule has 3 aliphatic rings. The highest BCUT2D eigenvalue weighted by atomic mass is 19.1. The van der Waals surface area contributed by atoms with Gasteiger partial charge in [-0.05, 0) is 105 Å². The molecule has 0 radical (unpaired) electrons. The molecule has 2 saturated heterocycles. The number of halogens is 1. The average molecular weight is 503 g/mol. The molecule has 37 heavy (non-hydrogen) atoms. The van der Waals surface area contributed by atoms with E-state index in [0.29, 0.717) is 24.3 Å². The lowest BCUT2D eigenvalue weighted by Gasteiger charge is -2.34. The second kappa shape index (κ2) is 10.6. The first-order chi connectivity index (χ1) is 18.1. The minimum absolute atomic E-state index is 0.160. The van der Waals surface area contributed by atoms with Crippen molar-refractivity contribution < 1.29 is 9.18 Å². The van der Waals surface area contributed by atoms with Gasteiger partial charge in [-0.1, -0.05) is 24.3 Å². The smallest absolute Gasteiger partial charge is 0.256 e. The summed E-state index contributed by atoms with van der Waals surface area (Å²) < 4.78 is 15.5. The first-order valence-electron chi connectivity index (χ1n) is 14.2. The van der Waals surface area contributed by atoms with Gasteiger partial charge in [0.05, 0.1) is 11.1 Å². The van der Waals surface area contributed by atoms with Crippen LogP contribution in [0.25, 0.3) is 10.9 Å². The number of likely N-dealkylation sites (tertiary alicyclic amines) is 2. The molecule has 0 bridgehead atoms. The normalized spacial score (nSPS) is 23.2. The standard InChI is InChI=1S/C31H39FN4O/c32-27-9-7-22(8-10-27)23-11-16-34(17-12-23)19-26-20-36(21-29(26)24-5-6-24)31(37)28-4-1-3-25-13-18-35(30(25)28)15-2-14-33/h1,3-4,7-10,13,18,23-24,26,29H,2,5-6,11-12,14-17,19-21,33H2/t26-,29+/m1/s1. The Bertz CT molecular complexity index is 1230. The van der Waals surface area contributed by atoms with E-state index >= 15 is 0 Å². The molecule has 1 aromatic heterocycles. The van der Waals surface area contributed by atoms with E-state index < -0.39 is 0 Å².